The second-order valence-corrected chi connectivity index (χ2v) is 16.7. The van der Waals surface area contributed by atoms with Crippen LogP contribution in [0, 0.1) is 0 Å². The van der Waals surface area contributed by atoms with Crippen LogP contribution in [0.5, 0.6) is 0 Å². The number of H-pyrrole nitrogens is 1. The first-order valence-electron chi connectivity index (χ1n) is 20.5. The molecule has 4 heteroatoms. The summed E-state index contributed by atoms with van der Waals surface area (Å²) in [6.45, 7) is 4.80. The fourth-order valence-corrected chi connectivity index (χ4v) is 10.5. The van der Waals surface area contributed by atoms with E-state index >= 15 is 0 Å². The fraction of sp³-hybridized carbons (Fsp3) is 0.0545. The van der Waals surface area contributed by atoms with Crippen molar-refractivity contribution in [2.75, 3.05) is 4.90 Å². The number of hydrogen-bond donors (Lipinski definition) is 1. The van der Waals surface area contributed by atoms with E-state index in [1.807, 2.05) is 0 Å². The smallest absolute Gasteiger partial charge is 0.197 e. The van der Waals surface area contributed by atoms with Gasteiger partial charge >= 0.3 is 0 Å². The Hall–Kier alpha value is -7.30. The Morgan fingerprint density at radius 2 is 1.25 bits per heavy atom. The van der Waals surface area contributed by atoms with Crippen LogP contribution in [0.2, 0.25) is 0 Å². The van der Waals surface area contributed by atoms with Crippen LogP contribution in [0.1, 0.15) is 25.0 Å². The van der Waals surface area contributed by atoms with Crippen LogP contribution in [0.15, 0.2) is 180 Å². The minimum Gasteiger partial charge on any atom is -0.454 e. The number of nitrogens with zero attached hydrogens (tertiary/aromatic N) is 1. The van der Waals surface area contributed by atoms with Crippen molar-refractivity contribution >= 4 is 89.8 Å². The molecule has 1 aliphatic heterocycles. The summed E-state index contributed by atoms with van der Waals surface area (Å²) in [5.74, 6) is 0. The van der Waals surface area contributed by atoms with Gasteiger partial charge in [0.15, 0.2) is 12.9 Å². The Kier molecular flexibility index (Phi) is 6.59. The number of hydrogen-bond acceptors (Lipinski definition) is 2. The lowest BCUT2D eigenvalue weighted by Crippen LogP contribution is -2.42. The number of furan rings is 1. The summed E-state index contributed by atoms with van der Waals surface area (Å²) < 4.78 is 6.90. The van der Waals surface area contributed by atoms with E-state index in [1.165, 1.54) is 77.2 Å². The third-order valence-corrected chi connectivity index (χ3v) is 13.2. The number of rotatable bonds is 3. The molecule has 0 saturated heterocycles. The zero-order chi connectivity index (χ0) is 39.0. The number of aromatic nitrogens is 1. The number of fused-ring (bicyclic) bond motifs is 13. The van der Waals surface area contributed by atoms with Gasteiger partial charge < -0.3 is 14.3 Å². The predicted molar refractivity (Wildman–Crippen MR) is 249 cm³/mol. The number of aromatic amines is 1. The monoisotopic (exact) mass is 751 g/mol. The maximum absolute atomic E-state index is 6.90. The Balaban J connectivity index is 1.17. The minimum absolute atomic E-state index is 0.288. The number of benzene rings is 9. The molecule has 0 saturated carbocycles. The molecule has 1 N–H and O–H groups in total. The highest BCUT2D eigenvalue weighted by Gasteiger charge is 2.43. The quantitative estimate of drug-likeness (QED) is 0.182. The van der Waals surface area contributed by atoms with E-state index in [1.54, 1.807) is 0 Å². The molecule has 59 heavy (non-hydrogen) atoms. The van der Waals surface area contributed by atoms with Crippen LogP contribution < -0.4 is 15.8 Å². The molecule has 2 aromatic heterocycles. The van der Waals surface area contributed by atoms with Crippen molar-refractivity contribution in [2.45, 2.75) is 19.3 Å². The topological polar surface area (TPSA) is 32.2 Å². The van der Waals surface area contributed by atoms with Crippen LogP contribution in [0.3, 0.4) is 0 Å². The number of nitrogens with one attached hydrogen (secondary N) is 1. The lowest BCUT2D eigenvalue weighted by molar-refractivity contribution is 0.659. The lowest BCUT2D eigenvalue weighted by atomic mass is 9.56. The van der Waals surface area contributed by atoms with Gasteiger partial charge in [0.25, 0.3) is 0 Å². The van der Waals surface area contributed by atoms with Crippen molar-refractivity contribution in [1.82, 2.24) is 4.98 Å². The summed E-state index contributed by atoms with van der Waals surface area (Å²) in [6.07, 6.45) is 0. The molecule has 0 atom stereocenters. The molecule has 1 radical (unpaired) electrons. The van der Waals surface area contributed by atoms with E-state index < -0.39 is 0 Å². The highest BCUT2D eigenvalue weighted by Crippen LogP contribution is 2.56. The van der Waals surface area contributed by atoms with Crippen LogP contribution in [0.25, 0.3) is 87.9 Å². The summed E-state index contributed by atoms with van der Waals surface area (Å²) in [5, 5.41) is 7.18. The summed E-state index contributed by atoms with van der Waals surface area (Å²) in [6, 6.07) is 64.3. The van der Waals surface area contributed by atoms with Crippen molar-refractivity contribution < 1.29 is 4.42 Å². The molecule has 3 heterocycles. The molecule has 9 aromatic carbocycles. The number of para-hydroxylation sites is 3. The second-order valence-electron chi connectivity index (χ2n) is 16.7. The van der Waals surface area contributed by atoms with E-state index in [0.29, 0.717) is 0 Å². The summed E-state index contributed by atoms with van der Waals surface area (Å²) in [4.78, 5) is 6.47. The van der Waals surface area contributed by atoms with Crippen molar-refractivity contribution in [3.63, 3.8) is 0 Å². The van der Waals surface area contributed by atoms with Gasteiger partial charge in [0.2, 0.25) is 0 Å². The van der Waals surface area contributed by atoms with E-state index in [9.17, 15) is 0 Å². The summed E-state index contributed by atoms with van der Waals surface area (Å²) in [5.41, 5.74) is 19.5. The molecule has 2 aliphatic rings. The fourth-order valence-electron chi connectivity index (χ4n) is 10.5. The minimum atomic E-state index is -0.288. The van der Waals surface area contributed by atoms with Gasteiger partial charge in [0, 0.05) is 49.4 Å². The maximum Gasteiger partial charge on any atom is 0.197 e. The molecule has 11 aromatic rings. The zero-order valence-electron chi connectivity index (χ0n) is 32.7. The van der Waals surface area contributed by atoms with Crippen LogP contribution in [0.4, 0.5) is 17.1 Å². The lowest BCUT2D eigenvalue weighted by Gasteiger charge is -2.39. The van der Waals surface area contributed by atoms with E-state index in [4.69, 9.17) is 4.42 Å². The van der Waals surface area contributed by atoms with E-state index in [-0.39, 0.29) is 5.41 Å². The molecule has 3 nitrogen and oxygen atoms in total. The molecule has 0 spiro atoms. The van der Waals surface area contributed by atoms with Gasteiger partial charge in [0.05, 0.1) is 11.2 Å². The molecular formula is C55H36BN2O. The Labute approximate surface area is 342 Å². The van der Waals surface area contributed by atoms with Gasteiger partial charge in [0.1, 0.15) is 5.58 Å². The maximum atomic E-state index is 6.90. The highest BCUT2D eigenvalue weighted by atomic mass is 16.3. The average Bonchev–Trinajstić information content (AvgIpc) is 3.92. The predicted octanol–water partition coefficient (Wildman–Crippen LogP) is 13.5. The third-order valence-electron chi connectivity index (χ3n) is 13.2. The second kappa shape index (κ2) is 11.9. The Bertz CT molecular complexity index is 3570. The molecule has 0 amide bonds. The first kappa shape index (κ1) is 32.8. The first-order valence-corrected chi connectivity index (χ1v) is 20.5. The standard InChI is InChI=1S/C55H36BN2O/c1-55(2)44-23-10-8-18-36(44)42-31-43(39-21-12-20-38-41-28-33-16-6-7-17-34(33)29-46(41)57-52(38)39)51-53(50(42)55)58(47-24-13-22-40-37-19-9-11-25-49(37)59-54(40)47)48-30-35(26-27-45(48)56-51)32-14-4-3-5-15-32/h3-31,57H,1-2H3. The largest absolute Gasteiger partial charge is 0.454 e. The van der Waals surface area contributed by atoms with Gasteiger partial charge in [-0.15, -0.1) is 0 Å². The average molecular weight is 752 g/mol. The van der Waals surface area contributed by atoms with Crippen molar-refractivity contribution in [3.8, 4) is 33.4 Å². The first-order chi connectivity index (χ1) is 29.0. The third kappa shape index (κ3) is 4.54. The molecule has 0 unspecified atom stereocenters. The van der Waals surface area contributed by atoms with Gasteiger partial charge in [-0.25, -0.2) is 0 Å². The van der Waals surface area contributed by atoms with Gasteiger partial charge in [-0.3, -0.25) is 0 Å². The normalized spacial score (nSPS) is 13.8. The highest BCUT2D eigenvalue weighted by molar-refractivity contribution is 6.73. The molecule has 0 bridgehead atoms. The molecule has 0 fully saturated rings. The van der Waals surface area contributed by atoms with Gasteiger partial charge in [-0.2, -0.15) is 0 Å². The van der Waals surface area contributed by atoms with E-state index in [2.05, 4.69) is 207 Å². The van der Waals surface area contributed by atoms with Gasteiger partial charge in [-0.05, 0) is 91.6 Å². The molecular weight excluding hydrogens is 715 g/mol. The SMILES string of the molecule is CC1(C)c2ccccc2-c2cc(-c3cccc4c3[nH]c3cc5ccccc5cc34)c3c(c21)N(c1cccc2c1oc1ccccc12)c1cc(-c2ccccc2)ccc1[B]3. The summed E-state index contributed by atoms with van der Waals surface area (Å²) in [7, 11) is 2.44. The van der Waals surface area contributed by atoms with Crippen LogP contribution in [-0.4, -0.2) is 12.3 Å². The van der Waals surface area contributed by atoms with Crippen LogP contribution >= 0.6 is 0 Å². The van der Waals surface area contributed by atoms with Gasteiger partial charge in [-0.1, -0.05) is 159 Å². The van der Waals surface area contributed by atoms with E-state index in [0.717, 1.165) is 49.8 Å². The molecule has 1 aliphatic carbocycles. The van der Waals surface area contributed by atoms with Crippen LogP contribution in [-0.2, 0) is 5.41 Å². The molecule has 13 rings (SSSR count). The van der Waals surface area contributed by atoms with Crippen molar-refractivity contribution in [1.29, 1.82) is 0 Å². The molecule has 275 valence electrons. The summed E-state index contributed by atoms with van der Waals surface area (Å²) >= 11 is 0. The van der Waals surface area contributed by atoms with Crippen molar-refractivity contribution in [2.24, 2.45) is 0 Å². The Morgan fingerprint density at radius 3 is 2.15 bits per heavy atom. The Morgan fingerprint density at radius 1 is 0.525 bits per heavy atom. The number of anilines is 3. The van der Waals surface area contributed by atoms with Crippen molar-refractivity contribution in [3.05, 3.63) is 187 Å². The zero-order valence-corrected chi connectivity index (χ0v) is 32.7.